The van der Waals surface area contributed by atoms with Crippen LogP contribution in [0.1, 0.15) is 22.6 Å². The molecule has 0 fully saturated rings. The van der Waals surface area contributed by atoms with Crippen LogP contribution < -0.4 is 5.73 Å². The summed E-state index contributed by atoms with van der Waals surface area (Å²) in [7, 11) is 0. The molecule has 0 spiro atoms. The van der Waals surface area contributed by atoms with Gasteiger partial charge in [-0.15, -0.1) is 0 Å². The van der Waals surface area contributed by atoms with Crippen LogP contribution in [0.3, 0.4) is 0 Å². The van der Waals surface area contributed by atoms with Crippen LogP contribution in [0.15, 0.2) is 54.6 Å². The summed E-state index contributed by atoms with van der Waals surface area (Å²) in [5, 5.41) is 0. The van der Waals surface area contributed by atoms with Crippen LogP contribution in [0, 0.1) is 0 Å². The number of hydrogen-bond acceptors (Lipinski definition) is 1. The molecular weight excluding hydrogens is 251 g/mol. The van der Waals surface area contributed by atoms with Gasteiger partial charge in [0, 0.05) is 12.5 Å². The van der Waals surface area contributed by atoms with Gasteiger partial charge in [0.15, 0.2) is 0 Å². The van der Waals surface area contributed by atoms with Crippen molar-refractivity contribution in [3.05, 3.63) is 71.3 Å². The van der Waals surface area contributed by atoms with Gasteiger partial charge in [-0.05, 0) is 23.3 Å². The smallest absolute Gasteiger partial charge is 0.330 e. The quantitative estimate of drug-likeness (QED) is 0.897. The second-order valence-corrected chi connectivity index (χ2v) is 4.32. The number of benzene rings is 2. The average molecular weight is 265 g/mol. The number of hydrogen-bond donors (Lipinski definition) is 1. The lowest BCUT2D eigenvalue weighted by Crippen LogP contribution is -2.14. The molecule has 0 saturated heterocycles. The second-order valence-electron chi connectivity index (χ2n) is 4.32. The van der Waals surface area contributed by atoms with E-state index in [1.54, 1.807) is 0 Å². The zero-order chi connectivity index (χ0) is 13.9. The monoisotopic (exact) mass is 265 g/mol. The minimum atomic E-state index is -4.30. The van der Waals surface area contributed by atoms with E-state index in [0.29, 0.717) is 6.54 Å². The largest absolute Gasteiger partial charge is 0.416 e. The molecule has 4 heteroatoms. The van der Waals surface area contributed by atoms with E-state index in [-0.39, 0.29) is 5.92 Å². The Bertz CT molecular complexity index is 517. The Hall–Kier alpha value is -1.81. The Balaban J connectivity index is 2.30. The van der Waals surface area contributed by atoms with E-state index in [9.17, 15) is 13.2 Å². The summed E-state index contributed by atoms with van der Waals surface area (Å²) >= 11 is 0. The summed E-state index contributed by atoms with van der Waals surface area (Å²) in [6.07, 6.45) is -4.30. The lowest BCUT2D eigenvalue weighted by molar-refractivity contribution is -0.137. The number of rotatable bonds is 3. The normalized spacial score (nSPS) is 13.3. The maximum absolute atomic E-state index is 12.5. The van der Waals surface area contributed by atoms with Gasteiger partial charge in [0.05, 0.1) is 5.56 Å². The first-order valence-corrected chi connectivity index (χ1v) is 5.94. The predicted molar refractivity (Wildman–Crippen MR) is 68.8 cm³/mol. The minimum Gasteiger partial charge on any atom is -0.330 e. The molecule has 1 nitrogen and oxygen atoms in total. The van der Waals surface area contributed by atoms with Crippen LogP contribution in [-0.4, -0.2) is 6.54 Å². The van der Waals surface area contributed by atoms with Crippen molar-refractivity contribution in [3.63, 3.8) is 0 Å². The third-order valence-corrected chi connectivity index (χ3v) is 3.08. The molecule has 0 aliphatic rings. The lowest BCUT2D eigenvalue weighted by Gasteiger charge is -2.16. The first kappa shape index (κ1) is 13.6. The molecule has 2 aromatic rings. The SMILES string of the molecule is NCC(c1ccccc1)c1ccc(C(F)(F)F)cc1. The molecule has 1 unspecified atom stereocenters. The first-order chi connectivity index (χ1) is 9.02. The first-order valence-electron chi connectivity index (χ1n) is 5.94. The fourth-order valence-electron chi connectivity index (χ4n) is 2.05. The standard InChI is InChI=1S/C15H14F3N/c16-15(17,18)13-8-6-12(7-9-13)14(10-19)11-4-2-1-3-5-11/h1-9,14H,10,19H2. The Morgan fingerprint density at radius 2 is 1.37 bits per heavy atom. The van der Waals surface area contributed by atoms with Crippen LogP contribution in [0.25, 0.3) is 0 Å². The third kappa shape index (κ3) is 3.15. The molecule has 0 heterocycles. The summed E-state index contributed by atoms with van der Waals surface area (Å²) < 4.78 is 37.5. The summed E-state index contributed by atoms with van der Waals surface area (Å²) in [6.45, 7) is 0.357. The maximum Gasteiger partial charge on any atom is 0.416 e. The van der Waals surface area contributed by atoms with Gasteiger partial charge in [-0.1, -0.05) is 42.5 Å². The molecule has 0 aliphatic heterocycles. The molecule has 100 valence electrons. The highest BCUT2D eigenvalue weighted by atomic mass is 19.4. The topological polar surface area (TPSA) is 26.0 Å². The van der Waals surface area contributed by atoms with Crippen LogP contribution in [0.2, 0.25) is 0 Å². The number of alkyl halides is 3. The summed E-state index contributed by atoms with van der Waals surface area (Å²) in [5.74, 6) is -0.0801. The van der Waals surface area contributed by atoms with Gasteiger partial charge in [-0.2, -0.15) is 13.2 Å². The van der Waals surface area contributed by atoms with Crippen molar-refractivity contribution >= 4 is 0 Å². The highest BCUT2D eigenvalue weighted by Gasteiger charge is 2.30. The van der Waals surface area contributed by atoms with Crippen LogP contribution >= 0.6 is 0 Å². The van der Waals surface area contributed by atoms with Gasteiger partial charge < -0.3 is 5.73 Å². The number of nitrogens with two attached hydrogens (primary N) is 1. The lowest BCUT2D eigenvalue weighted by atomic mass is 9.91. The van der Waals surface area contributed by atoms with Gasteiger partial charge >= 0.3 is 6.18 Å². The van der Waals surface area contributed by atoms with Gasteiger partial charge in [0.25, 0.3) is 0 Å². The highest BCUT2D eigenvalue weighted by molar-refractivity contribution is 5.35. The van der Waals surface area contributed by atoms with E-state index in [1.165, 1.54) is 12.1 Å². The van der Waals surface area contributed by atoms with E-state index < -0.39 is 11.7 Å². The fourth-order valence-corrected chi connectivity index (χ4v) is 2.05. The third-order valence-electron chi connectivity index (χ3n) is 3.08. The van der Waals surface area contributed by atoms with Gasteiger partial charge in [0.1, 0.15) is 0 Å². The Morgan fingerprint density at radius 1 is 0.842 bits per heavy atom. The molecule has 0 saturated carbocycles. The van der Waals surface area contributed by atoms with Gasteiger partial charge in [-0.3, -0.25) is 0 Å². The maximum atomic E-state index is 12.5. The zero-order valence-corrected chi connectivity index (χ0v) is 10.2. The molecule has 0 aliphatic carbocycles. The molecule has 0 radical (unpaired) electrons. The molecule has 0 amide bonds. The van der Waals surface area contributed by atoms with Gasteiger partial charge in [-0.25, -0.2) is 0 Å². The Morgan fingerprint density at radius 3 is 1.84 bits per heavy atom. The predicted octanol–water partition coefficient (Wildman–Crippen LogP) is 3.80. The van der Waals surface area contributed by atoms with Crippen LogP contribution in [-0.2, 0) is 6.18 Å². The fraction of sp³-hybridized carbons (Fsp3) is 0.200. The molecule has 2 N–H and O–H groups in total. The van der Waals surface area contributed by atoms with E-state index >= 15 is 0 Å². The Labute approximate surface area is 109 Å². The molecule has 0 aromatic heterocycles. The van der Waals surface area contributed by atoms with Crippen molar-refractivity contribution in [2.75, 3.05) is 6.54 Å². The van der Waals surface area contributed by atoms with Crippen molar-refractivity contribution in [1.82, 2.24) is 0 Å². The Kier molecular flexibility index (Phi) is 3.90. The molecule has 2 aromatic carbocycles. The number of halogens is 3. The van der Waals surface area contributed by atoms with Crippen LogP contribution in [0.5, 0.6) is 0 Å². The highest BCUT2D eigenvalue weighted by Crippen LogP contribution is 2.31. The van der Waals surface area contributed by atoms with Crippen molar-refractivity contribution in [2.45, 2.75) is 12.1 Å². The van der Waals surface area contributed by atoms with E-state index in [2.05, 4.69) is 0 Å². The van der Waals surface area contributed by atoms with E-state index in [1.807, 2.05) is 30.3 Å². The van der Waals surface area contributed by atoms with Crippen molar-refractivity contribution in [1.29, 1.82) is 0 Å². The second kappa shape index (κ2) is 5.45. The molecular formula is C15H14F3N. The van der Waals surface area contributed by atoms with E-state index in [4.69, 9.17) is 5.73 Å². The molecule has 19 heavy (non-hydrogen) atoms. The zero-order valence-electron chi connectivity index (χ0n) is 10.2. The van der Waals surface area contributed by atoms with Crippen molar-refractivity contribution in [2.24, 2.45) is 5.73 Å². The van der Waals surface area contributed by atoms with Crippen molar-refractivity contribution in [3.8, 4) is 0 Å². The van der Waals surface area contributed by atoms with Crippen LogP contribution in [0.4, 0.5) is 13.2 Å². The summed E-state index contributed by atoms with van der Waals surface area (Å²) in [6, 6.07) is 14.7. The average Bonchev–Trinajstić information content (AvgIpc) is 2.40. The van der Waals surface area contributed by atoms with Gasteiger partial charge in [0.2, 0.25) is 0 Å². The van der Waals surface area contributed by atoms with Crippen molar-refractivity contribution < 1.29 is 13.2 Å². The molecule has 0 bridgehead atoms. The molecule has 2 rings (SSSR count). The summed E-state index contributed by atoms with van der Waals surface area (Å²) in [5.41, 5.74) is 6.90. The molecule has 1 atom stereocenters. The van der Waals surface area contributed by atoms with E-state index in [0.717, 1.165) is 23.3 Å². The minimum absolute atomic E-state index is 0.0801. The summed E-state index contributed by atoms with van der Waals surface area (Å²) in [4.78, 5) is 0.